The summed E-state index contributed by atoms with van der Waals surface area (Å²) in [6.07, 6.45) is 0. The lowest BCUT2D eigenvalue weighted by Crippen LogP contribution is -2.28. The Hall–Kier alpha value is -1.52. The molecule has 0 aliphatic rings. The van der Waals surface area contributed by atoms with Crippen molar-refractivity contribution in [1.29, 1.82) is 0 Å². The molecule has 0 bridgehead atoms. The molecule has 1 aromatic heterocycles. The second kappa shape index (κ2) is 7.31. The van der Waals surface area contributed by atoms with Crippen molar-refractivity contribution < 1.29 is 4.74 Å². The van der Waals surface area contributed by atoms with Gasteiger partial charge in [0.15, 0.2) is 0 Å². The van der Waals surface area contributed by atoms with Gasteiger partial charge in [-0.05, 0) is 31.2 Å². The van der Waals surface area contributed by atoms with Gasteiger partial charge in [0, 0.05) is 36.4 Å². The molecular formula is C16H22N2OS. The molecule has 1 N–H and O–H groups in total. The van der Waals surface area contributed by atoms with Crippen LogP contribution in [0.4, 0.5) is 5.69 Å². The quantitative estimate of drug-likeness (QED) is 0.792. The molecular weight excluding hydrogens is 268 g/mol. The summed E-state index contributed by atoms with van der Waals surface area (Å²) in [5.41, 5.74) is 1.13. The summed E-state index contributed by atoms with van der Waals surface area (Å²) in [5, 5.41) is 3.48. The highest BCUT2D eigenvalue weighted by Crippen LogP contribution is 2.26. The number of ether oxygens (including phenoxy) is 1. The summed E-state index contributed by atoms with van der Waals surface area (Å²) in [6.45, 7) is 4.98. The molecule has 1 aromatic carbocycles. The number of likely N-dealkylation sites (N-methyl/N-ethyl adjacent to an activating group) is 1. The molecule has 0 aliphatic heterocycles. The third-order valence-electron chi connectivity index (χ3n) is 3.22. The van der Waals surface area contributed by atoms with Crippen LogP contribution in [0, 0.1) is 6.92 Å². The predicted molar refractivity (Wildman–Crippen MR) is 87.0 cm³/mol. The lowest BCUT2D eigenvalue weighted by molar-refractivity contribution is 0.415. The number of hydrogen-bond donors (Lipinski definition) is 1. The molecule has 20 heavy (non-hydrogen) atoms. The zero-order valence-corrected chi connectivity index (χ0v) is 13.2. The van der Waals surface area contributed by atoms with Crippen molar-refractivity contribution in [3.05, 3.63) is 46.2 Å². The fourth-order valence-corrected chi connectivity index (χ4v) is 2.96. The third kappa shape index (κ3) is 3.99. The molecule has 0 atom stereocenters. The van der Waals surface area contributed by atoms with Crippen molar-refractivity contribution in [1.82, 2.24) is 5.32 Å². The first kappa shape index (κ1) is 14.9. The summed E-state index contributed by atoms with van der Waals surface area (Å²) in [4.78, 5) is 4.97. The van der Waals surface area contributed by atoms with Gasteiger partial charge < -0.3 is 15.0 Å². The fourth-order valence-electron chi connectivity index (χ4n) is 2.10. The lowest BCUT2D eigenvalue weighted by atomic mass is 10.2. The van der Waals surface area contributed by atoms with Crippen LogP contribution >= 0.6 is 11.3 Å². The predicted octanol–water partition coefficient (Wildman–Crippen LogP) is 3.29. The number of nitrogens with one attached hydrogen (secondary N) is 1. The van der Waals surface area contributed by atoms with Crippen LogP contribution in [0.2, 0.25) is 0 Å². The number of para-hydroxylation sites is 2. The van der Waals surface area contributed by atoms with Crippen LogP contribution in [0.25, 0.3) is 0 Å². The van der Waals surface area contributed by atoms with E-state index in [9.17, 15) is 0 Å². The maximum absolute atomic E-state index is 5.38. The minimum Gasteiger partial charge on any atom is -0.495 e. The molecule has 0 amide bonds. The number of nitrogens with zero attached hydrogens (tertiary/aromatic N) is 1. The molecule has 0 fully saturated rings. The Morgan fingerprint density at radius 3 is 2.70 bits per heavy atom. The maximum atomic E-state index is 5.38. The van der Waals surface area contributed by atoms with E-state index in [1.54, 1.807) is 7.11 Å². The summed E-state index contributed by atoms with van der Waals surface area (Å²) >= 11 is 1.85. The van der Waals surface area contributed by atoms with Gasteiger partial charge in [0.2, 0.25) is 0 Å². The largest absolute Gasteiger partial charge is 0.495 e. The number of benzene rings is 1. The standard InChI is InChI=1S/C16H22N2OS/c1-13-8-9-14(20-13)12-17-10-11-18(2)15-6-4-5-7-16(15)19-3/h4-9,17H,10-12H2,1-3H3. The summed E-state index contributed by atoms with van der Waals surface area (Å²) < 4.78 is 5.38. The van der Waals surface area contributed by atoms with Crippen molar-refractivity contribution in [2.75, 3.05) is 32.1 Å². The Bertz CT molecular complexity index is 539. The van der Waals surface area contributed by atoms with Crippen LogP contribution in [0.1, 0.15) is 9.75 Å². The highest BCUT2D eigenvalue weighted by molar-refractivity contribution is 7.11. The van der Waals surface area contributed by atoms with Gasteiger partial charge in [-0.2, -0.15) is 0 Å². The minimum absolute atomic E-state index is 0.920. The Kier molecular flexibility index (Phi) is 5.44. The number of anilines is 1. The molecule has 0 saturated carbocycles. The highest BCUT2D eigenvalue weighted by atomic mass is 32.1. The zero-order chi connectivity index (χ0) is 14.4. The van der Waals surface area contributed by atoms with Gasteiger partial charge in [0.05, 0.1) is 12.8 Å². The minimum atomic E-state index is 0.920. The molecule has 0 unspecified atom stereocenters. The van der Waals surface area contributed by atoms with Crippen LogP contribution < -0.4 is 15.0 Å². The first-order valence-corrected chi connectivity index (χ1v) is 7.62. The third-order valence-corrected chi connectivity index (χ3v) is 4.22. The second-order valence-corrected chi connectivity index (χ2v) is 6.15. The van der Waals surface area contributed by atoms with Gasteiger partial charge in [0.25, 0.3) is 0 Å². The maximum Gasteiger partial charge on any atom is 0.142 e. The van der Waals surface area contributed by atoms with E-state index in [2.05, 4.69) is 42.4 Å². The molecule has 108 valence electrons. The molecule has 0 radical (unpaired) electrons. The Balaban J connectivity index is 1.78. The van der Waals surface area contributed by atoms with Crippen LogP contribution in [-0.4, -0.2) is 27.2 Å². The lowest BCUT2D eigenvalue weighted by Gasteiger charge is -2.21. The van der Waals surface area contributed by atoms with Gasteiger partial charge in [0.1, 0.15) is 5.75 Å². The van der Waals surface area contributed by atoms with E-state index in [4.69, 9.17) is 4.74 Å². The SMILES string of the molecule is COc1ccccc1N(C)CCNCc1ccc(C)s1. The monoisotopic (exact) mass is 290 g/mol. The molecule has 4 heteroatoms. The molecule has 1 heterocycles. The van der Waals surface area contributed by atoms with E-state index in [0.717, 1.165) is 31.1 Å². The van der Waals surface area contributed by atoms with E-state index in [1.165, 1.54) is 9.75 Å². The van der Waals surface area contributed by atoms with E-state index < -0.39 is 0 Å². The van der Waals surface area contributed by atoms with Crippen molar-refractivity contribution in [2.24, 2.45) is 0 Å². The molecule has 2 aromatic rings. The number of hydrogen-bond acceptors (Lipinski definition) is 4. The number of methoxy groups -OCH3 is 1. The van der Waals surface area contributed by atoms with Crippen LogP contribution in [0.15, 0.2) is 36.4 Å². The van der Waals surface area contributed by atoms with Gasteiger partial charge in [-0.25, -0.2) is 0 Å². The van der Waals surface area contributed by atoms with Gasteiger partial charge in [-0.1, -0.05) is 12.1 Å². The smallest absolute Gasteiger partial charge is 0.142 e. The first-order chi connectivity index (χ1) is 9.70. The topological polar surface area (TPSA) is 24.5 Å². The fraction of sp³-hybridized carbons (Fsp3) is 0.375. The Morgan fingerprint density at radius 2 is 2.00 bits per heavy atom. The zero-order valence-electron chi connectivity index (χ0n) is 12.3. The van der Waals surface area contributed by atoms with E-state index in [-0.39, 0.29) is 0 Å². The van der Waals surface area contributed by atoms with E-state index in [0.29, 0.717) is 0 Å². The highest BCUT2D eigenvalue weighted by Gasteiger charge is 2.06. The average molecular weight is 290 g/mol. The van der Waals surface area contributed by atoms with Crippen LogP contribution in [0.5, 0.6) is 5.75 Å². The molecule has 0 saturated heterocycles. The Labute approximate surface area is 125 Å². The van der Waals surface area contributed by atoms with Crippen molar-refractivity contribution in [3.63, 3.8) is 0 Å². The number of rotatable bonds is 7. The molecule has 3 nitrogen and oxygen atoms in total. The van der Waals surface area contributed by atoms with Crippen LogP contribution in [0.3, 0.4) is 0 Å². The second-order valence-electron chi connectivity index (χ2n) is 4.78. The van der Waals surface area contributed by atoms with Crippen molar-refractivity contribution in [2.45, 2.75) is 13.5 Å². The summed E-state index contributed by atoms with van der Waals surface area (Å²) in [7, 11) is 3.80. The van der Waals surface area contributed by atoms with E-state index >= 15 is 0 Å². The van der Waals surface area contributed by atoms with Crippen molar-refractivity contribution >= 4 is 17.0 Å². The van der Waals surface area contributed by atoms with Gasteiger partial charge in [-0.15, -0.1) is 11.3 Å². The molecule has 0 aliphatic carbocycles. The number of aryl methyl sites for hydroxylation is 1. The van der Waals surface area contributed by atoms with Crippen molar-refractivity contribution in [3.8, 4) is 5.75 Å². The van der Waals surface area contributed by atoms with Crippen LogP contribution in [-0.2, 0) is 6.54 Å². The normalized spacial score (nSPS) is 10.6. The van der Waals surface area contributed by atoms with Gasteiger partial charge in [-0.3, -0.25) is 0 Å². The average Bonchev–Trinajstić information content (AvgIpc) is 2.89. The first-order valence-electron chi connectivity index (χ1n) is 6.81. The summed E-state index contributed by atoms with van der Waals surface area (Å²) in [5.74, 6) is 0.920. The van der Waals surface area contributed by atoms with E-state index in [1.807, 2.05) is 29.5 Å². The summed E-state index contributed by atoms with van der Waals surface area (Å²) in [6, 6.07) is 12.5. The number of thiophene rings is 1. The molecule has 2 rings (SSSR count). The Morgan fingerprint density at radius 1 is 1.20 bits per heavy atom. The van der Waals surface area contributed by atoms with Gasteiger partial charge >= 0.3 is 0 Å². The molecule has 0 spiro atoms.